The van der Waals surface area contributed by atoms with Crippen LogP contribution >= 0.6 is 15.9 Å². The van der Waals surface area contributed by atoms with Crippen molar-refractivity contribution in [2.45, 2.75) is 18.6 Å². The highest BCUT2D eigenvalue weighted by molar-refractivity contribution is 9.10. The van der Waals surface area contributed by atoms with E-state index in [0.717, 1.165) is 0 Å². The minimum Gasteiger partial charge on any atom is -0.399 e. The number of fused-ring (bicyclic) bond motifs is 1. The molecule has 104 valence electrons. The lowest BCUT2D eigenvalue weighted by molar-refractivity contribution is 0.212. The topological polar surface area (TPSA) is 71.9 Å². The standard InChI is InChI=1S/C11H14BrN3O3S/c1-11(2)10(14-18-4)9-7(5-6-8(12)13-9)15(3)19(11,16)17/h5-6H,1-4H3. The fourth-order valence-electron chi connectivity index (χ4n) is 1.98. The SMILES string of the molecule is CON=C1c2nc(Br)ccc2N(C)S(=O)(=O)C1(C)C. The smallest absolute Gasteiger partial charge is 0.246 e. The molecule has 0 spiro atoms. The molecule has 2 heterocycles. The van der Waals surface area contributed by atoms with Crippen LogP contribution in [-0.4, -0.2) is 38.0 Å². The second-order valence-electron chi connectivity index (χ2n) is 4.61. The first-order chi connectivity index (χ1) is 8.73. The summed E-state index contributed by atoms with van der Waals surface area (Å²) in [5.41, 5.74) is 1.28. The fraction of sp³-hybridized carbons (Fsp3) is 0.455. The van der Waals surface area contributed by atoms with Crippen LogP contribution in [0.25, 0.3) is 0 Å². The van der Waals surface area contributed by atoms with Crippen molar-refractivity contribution in [3.63, 3.8) is 0 Å². The summed E-state index contributed by atoms with van der Waals surface area (Å²) in [6, 6.07) is 3.37. The lowest BCUT2D eigenvalue weighted by Gasteiger charge is -2.37. The number of sulfonamides is 1. The maximum atomic E-state index is 12.5. The molecule has 0 saturated carbocycles. The normalized spacial score (nSPS) is 22.2. The summed E-state index contributed by atoms with van der Waals surface area (Å²) in [6.07, 6.45) is 0. The molecule has 0 atom stereocenters. The van der Waals surface area contributed by atoms with E-state index >= 15 is 0 Å². The third kappa shape index (κ3) is 1.93. The largest absolute Gasteiger partial charge is 0.399 e. The highest BCUT2D eigenvalue weighted by Crippen LogP contribution is 2.37. The third-order valence-corrected chi connectivity index (χ3v) is 6.00. The van der Waals surface area contributed by atoms with Gasteiger partial charge < -0.3 is 4.84 Å². The second-order valence-corrected chi connectivity index (χ2v) is 7.94. The van der Waals surface area contributed by atoms with Gasteiger partial charge in [-0.15, -0.1) is 0 Å². The first-order valence-corrected chi connectivity index (χ1v) is 7.74. The lowest BCUT2D eigenvalue weighted by atomic mass is 10.0. The van der Waals surface area contributed by atoms with Crippen LogP contribution in [0.5, 0.6) is 0 Å². The van der Waals surface area contributed by atoms with Crippen LogP contribution in [0.2, 0.25) is 0 Å². The van der Waals surface area contributed by atoms with Crippen LogP contribution in [0.3, 0.4) is 0 Å². The van der Waals surface area contributed by atoms with Crippen molar-refractivity contribution >= 4 is 37.4 Å². The summed E-state index contributed by atoms with van der Waals surface area (Å²) in [4.78, 5) is 9.12. The first-order valence-electron chi connectivity index (χ1n) is 5.50. The zero-order valence-electron chi connectivity index (χ0n) is 11.0. The molecular weight excluding hydrogens is 334 g/mol. The Kier molecular flexibility index (Phi) is 3.34. The molecule has 2 rings (SSSR count). The number of rotatable bonds is 1. The van der Waals surface area contributed by atoms with E-state index in [1.807, 2.05) is 0 Å². The van der Waals surface area contributed by atoms with Crippen LogP contribution in [0.1, 0.15) is 19.5 Å². The molecule has 1 aliphatic heterocycles. The van der Waals surface area contributed by atoms with Gasteiger partial charge in [0.25, 0.3) is 0 Å². The molecule has 19 heavy (non-hydrogen) atoms. The summed E-state index contributed by atoms with van der Waals surface area (Å²) in [5, 5.41) is 3.88. The maximum absolute atomic E-state index is 12.5. The number of pyridine rings is 1. The molecular formula is C11H14BrN3O3S. The van der Waals surface area contributed by atoms with Crippen molar-refractivity contribution in [1.82, 2.24) is 4.98 Å². The molecule has 1 aliphatic rings. The van der Waals surface area contributed by atoms with E-state index in [9.17, 15) is 8.42 Å². The van der Waals surface area contributed by atoms with E-state index in [-0.39, 0.29) is 0 Å². The molecule has 0 bridgehead atoms. The van der Waals surface area contributed by atoms with E-state index in [4.69, 9.17) is 4.84 Å². The summed E-state index contributed by atoms with van der Waals surface area (Å²) in [7, 11) is -0.680. The highest BCUT2D eigenvalue weighted by atomic mass is 79.9. The van der Waals surface area contributed by atoms with Crippen molar-refractivity contribution in [3.05, 3.63) is 22.4 Å². The number of anilines is 1. The monoisotopic (exact) mass is 347 g/mol. The summed E-state index contributed by atoms with van der Waals surface area (Å²) in [6.45, 7) is 3.17. The zero-order valence-corrected chi connectivity index (χ0v) is 13.4. The van der Waals surface area contributed by atoms with Gasteiger partial charge in [0, 0.05) is 7.05 Å². The van der Waals surface area contributed by atoms with Gasteiger partial charge >= 0.3 is 0 Å². The van der Waals surface area contributed by atoms with Crippen molar-refractivity contribution in [1.29, 1.82) is 0 Å². The molecule has 1 aromatic rings. The Bertz CT molecular complexity index is 655. The van der Waals surface area contributed by atoms with Gasteiger partial charge in [-0.25, -0.2) is 13.4 Å². The number of hydrogen-bond donors (Lipinski definition) is 0. The molecule has 8 heteroatoms. The van der Waals surface area contributed by atoms with Crippen LogP contribution in [0.15, 0.2) is 21.9 Å². The second kappa shape index (κ2) is 4.45. The Morgan fingerprint density at radius 3 is 2.63 bits per heavy atom. The molecule has 0 amide bonds. The van der Waals surface area contributed by atoms with Crippen molar-refractivity contribution in [2.75, 3.05) is 18.5 Å². The molecule has 0 aromatic carbocycles. The van der Waals surface area contributed by atoms with Crippen molar-refractivity contribution in [3.8, 4) is 0 Å². The van der Waals surface area contributed by atoms with E-state index < -0.39 is 14.8 Å². The number of hydrogen-bond acceptors (Lipinski definition) is 5. The zero-order chi connectivity index (χ0) is 14.4. The molecule has 0 radical (unpaired) electrons. The molecule has 0 unspecified atom stereocenters. The highest BCUT2D eigenvalue weighted by Gasteiger charge is 2.49. The minimum atomic E-state index is -3.57. The summed E-state index contributed by atoms with van der Waals surface area (Å²) < 4.78 is 25.7. The average Bonchev–Trinajstić information content (AvgIpc) is 2.33. The average molecular weight is 348 g/mol. The molecule has 0 N–H and O–H groups in total. The maximum Gasteiger partial charge on any atom is 0.246 e. The van der Waals surface area contributed by atoms with Gasteiger partial charge in [-0.2, -0.15) is 0 Å². The van der Waals surface area contributed by atoms with Crippen LogP contribution in [-0.2, 0) is 14.9 Å². The summed E-state index contributed by atoms with van der Waals surface area (Å²) in [5.74, 6) is 0. The van der Waals surface area contributed by atoms with Gasteiger partial charge in [0.05, 0.1) is 5.69 Å². The molecule has 0 saturated heterocycles. The van der Waals surface area contributed by atoms with E-state index in [1.165, 1.54) is 18.5 Å². The third-order valence-electron chi connectivity index (χ3n) is 3.16. The lowest BCUT2D eigenvalue weighted by Crippen LogP contribution is -2.53. The van der Waals surface area contributed by atoms with E-state index in [2.05, 4.69) is 26.1 Å². The first kappa shape index (κ1) is 14.3. The number of oxime groups is 1. The Balaban J connectivity index is 2.85. The van der Waals surface area contributed by atoms with Gasteiger partial charge in [-0.3, -0.25) is 4.31 Å². The Labute approximate surface area is 120 Å². The number of halogens is 1. The Morgan fingerprint density at radius 2 is 2.05 bits per heavy atom. The molecule has 0 aliphatic carbocycles. The van der Waals surface area contributed by atoms with Gasteiger partial charge in [-0.05, 0) is 41.9 Å². The van der Waals surface area contributed by atoms with Gasteiger partial charge in [0.2, 0.25) is 10.0 Å². The number of nitrogens with zero attached hydrogens (tertiary/aromatic N) is 3. The Morgan fingerprint density at radius 1 is 1.42 bits per heavy atom. The fourth-order valence-corrected chi connectivity index (χ4v) is 3.76. The summed E-state index contributed by atoms with van der Waals surface area (Å²) >= 11 is 3.28. The van der Waals surface area contributed by atoms with E-state index in [0.29, 0.717) is 21.7 Å². The predicted octanol–water partition coefficient (Wildman–Crippen LogP) is 1.75. The van der Waals surface area contributed by atoms with Crippen LogP contribution in [0.4, 0.5) is 5.69 Å². The minimum absolute atomic E-state index is 0.296. The van der Waals surface area contributed by atoms with Crippen LogP contribution in [0, 0.1) is 0 Å². The van der Waals surface area contributed by atoms with E-state index in [1.54, 1.807) is 26.0 Å². The van der Waals surface area contributed by atoms with Crippen LogP contribution < -0.4 is 4.31 Å². The van der Waals surface area contributed by atoms with Gasteiger partial charge in [-0.1, -0.05) is 5.16 Å². The predicted molar refractivity (Wildman–Crippen MR) is 76.9 cm³/mol. The molecule has 1 aromatic heterocycles. The van der Waals surface area contributed by atoms with Gasteiger partial charge in [0.15, 0.2) is 0 Å². The van der Waals surface area contributed by atoms with Gasteiger partial charge in [0.1, 0.15) is 27.9 Å². The van der Waals surface area contributed by atoms with Crippen molar-refractivity contribution in [2.24, 2.45) is 5.16 Å². The molecule has 6 nitrogen and oxygen atoms in total. The number of aromatic nitrogens is 1. The quantitative estimate of drug-likeness (QED) is 0.573. The van der Waals surface area contributed by atoms with Crippen molar-refractivity contribution < 1.29 is 13.3 Å². The Hall–Kier alpha value is -1.15. The molecule has 0 fully saturated rings.